The molecule has 0 aliphatic heterocycles. The Morgan fingerprint density at radius 2 is 1.55 bits per heavy atom. The van der Waals surface area contributed by atoms with Crippen LogP contribution in [-0.2, 0) is 0 Å². The van der Waals surface area contributed by atoms with Crippen LogP contribution < -0.4 is 10.6 Å². The molecule has 0 aliphatic rings. The minimum absolute atomic E-state index is 0.860. The molecule has 0 fully saturated rings. The molecule has 0 aliphatic carbocycles. The number of nitrogens with zero attached hydrogens (tertiary/aromatic N) is 1. The molecule has 3 rings (SSSR count). The van der Waals surface area contributed by atoms with Crippen molar-refractivity contribution in [3.63, 3.8) is 0 Å². The van der Waals surface area contributed by atoms with Crippen LogP contribution in [0.5, 0.6) is 0 Å². The van der Waals surface area contributed by atoms with Crippen LogP contribution in [0.15, 0.2) is 36.4 Å². The zero-order valence-corrected chi connectivity index (χ0v) is 12.5. The van der Waals surface area contributed by atoms with Gasteiger partial charge in [0.15, 0.2) is 0 Å². The molecule has 3 aromatic carbocycles. The Morgan fingerprint density at radius 3 is 2.25 bits per heavy atom. The smallest absolute Gasteiger partial charge is 0.0397 e. The Hall–Kier alpha value is -2.22. The van der Waals surface area contributed by atoms with E-state index >= 15 is 0 Å². The van der Waals surface area contributed by atoms with E-state index in [-0.39, 0.29) is 0 Å². The molecule has 20 heavy (non-hydrogen) atoms. The molecule has 0 saturated carbocycles. The molecule has 0 atom stereocenters. The maximum absolute atomic E-state index is 6.02. The highest BCUT2D eigenvalue weighted by Gasteiger charge is 2.07. The second kappa shape index (κ2) is 4.41. The first-order valence-electron chi connectivity index (χ1n) is 6.88. The summed E-state index contributed by atoms with van der Waals surface area (Å²) in [7, 11) is 4.17. The van der Waals surface area contributed by atoms with Gasteiger partial charge in [-0.25, -0.2) is 0 Å². The summed E-state index contributed by atoms with van der Waals surface area (Å²) in [6.07, 6.45) is 0. The number of rotatable bonds is 1. The molecule has 2 N–H and O–H groups in total. The van der Waals surface area contributed by atoms with Gasteiger partial charge in [0.05, 0.1) is 0 Å². The largest absolute Gasteiger partial charge is 0.398 e. The number of aryl methyl sites for hydroxylation is 2. The summed E-state index contributed by atoms with van der Waals surface area (Å²) in [6, 6.07) is 13.1. The predicted molar refractivity (Wildman–Crippen MR) is 89.7 cm³/mol. The molecule has 0 aromatic heterocycles. The fourth-order valence-corrected chi connectivity index (χ4v) is 2.87. The zero-order chi connectivity index (χ0) is 14.4. The van der Waals surface area contributed by atoms with Crippen LogP contribution in [-0.4, -0.2) is 14.1 Å². The van der Waals surface area contributed by atoms with Crippen LogP contribution in [0.4, 0.5) is 11.4 Å². The molecule has 0 bridgehead atoms. The molecular weight excluding hydrogens is 244 g/mol. The first-order valence-corrected chi connectivity index (χ1v) is 6.88. The van der Waals surface area contributed by atoms with Gasteiger partial charge in [0.25, 0.3) is 0 Å². The SMILES string of the molecule is Cc1cc2cc3c(C)c(N)ccc3cc2cc1N(C)C. The number of fused-ring (bicyclic) bond motifs is 2. The third-order valence-electron chi connectivity index (χ3n) is 4.08. The van der Waals surface area contributed by atoms with Crippen molar-refractivity contribution >= 4 is 32.9 Å². The number of nitrogens with two attached hydrogens (primary N) is 1. The fourth-order valence-electron chi connectivity index (χ4n) is 2.87. The van der Waals surface area contributed by atoms with Gasteiger partial charge in [-0.3, -0.25) is 0 Å². The van der Waals surface area contributed by atoms with Crippen molar-refractivity contribution in [1.29, 1.82) is 0 Å². The van der Waals surface area contributed by atoms with Crippen LogP contribution in [0, 0.1) is 13.8 Å². The van der Waals surface area contributed by atoms with Crippen LogP contribution in [0.2, 0.25) is 0 Å². The average Bonchev–Trinajstić information content (AvgIpc) is 2.41. The van der Waals surface area contributed by atoms with E-state index in [9.17, 15) is 0 Å². The number of nitrogen functional groups attached to an aromatic ring is 1. The Kier molecular flexibility index (Phi) is 2.82. The van der Waals surface area contributed by atoms with Gasteiger partial charge < -0.3 is 10.6 Å². The number of anilines is 2. The van der Waals surface area contributed by atoms with Crippen LogP contribution in [0.3, 0.4) is 0 Å². The molecule has 3 aromatic rings. The summed E-state index contributed by atoms with van der Waals surface area (Å²) in [5.74, 6) is 0. The van der Waals surface area contributed by atoms with Crippen LogP contribution >= 0.6 is 0 Å². The Balaban J connectivity index is 2.39. The molecule has 0 amide bonds. The van der Waals surface area contributed by atoms with Crippen LogP contribution in [0.25, 0.3) is 21.5 Å². The summed E-state index contributed by atoms with van der Waals surface area (Å²) < 4.78 is 0. The monoisotopic (exact) mass is 264 g/mol. The second-order valence-electron chi connectivity index (χ2n) is 5.73. The number of hydrogen-bond acceptors (Lipinski definition) is 2. The van der Waals surface area contributed by atoms with Crippen molar-refractivity contribution < 1.29 is 0 Å². The van der Waals surface area contributed by atoms with E-state index in [0.29, 0.717) is 0 Å². The van der Waals surface area contributed by atoms with Gasteiger partial charge in [-0.05, 0) is 76.9 Å². The topological polar surface area (TPSA) is 29.3 Å². The standard InChI is InChI=1S/C18H20N2/c1-11-7-14-9-16-12(2)17(19)6-5-13(16)8-15(14)10-18(11)20(3)4/h5-10H,19H2,1-4H3. The quantitative estimate of drug-likeness (QED) is 0.525. The highest BCUT2D eigenvalue weighted by atomic mass is 15.1. The van der Waals surface area contributed by atoms with Gasteiger partial charge in [0, 0.05) is 25.5 Å². The lowest BCUT2D eigenvalue weighted by molar-refractivity contribution is 1.12. The van der Waals surface area contributed by atoms with E-state index in [0.717, 1.165) is 5.69 Å². The van der Waals surface area contributed by atoms with Crippen molar-refractivity contribution in [2.24, 2.45) is 0 Å². The summed E-state index contributed by atoms with van der Waals surface area (Å²) in [5, 5.41) is 5.04. The summed E-state index contributed by atoms with van der Waals surface area (Å²) >= 11 is 0. The Bertz CT molecular complexity index is 817. The van der Waals surface area contributed by atoms with Crippen molar-refractivity contribution in [2.75, 3.05) is 24.7 Å². The van der Waals surface area contributed by atoms with Gasteiger partial charge in [0.2, 0.25) is 0 Å². The third kappa shape index (κ3) is 1.88. The molecule has 0 saturated heterocycles. The highest BCUT2D eigenvalue weighted by Crippen LogP contribution is 2.31. The van der Waals surface area contributed by atoms with E-state index in [1.165, 1.54) is 38.4 Å². The molecule has 102 valence electrons. The Morgan fingerprint density at radius 1 is 0.850 bits per heavy atom. The lowest BCUT2D eigenvalue weighted by Gasteiger charge is -2.17. The third-order valence-corrected chi connectivity index (χ3v) is 4.08. The van der Waals surface area contributed by atoms with Crippen molar-refractivity contribution in [1.82, 2.24) is 0 Å². The maximum Gasteiger partial charge on any atom is 0.0397 e. The van der Waals surface area contributed by atoms with E-state index < -0.39 is 0 Å². The first kappa shape index (κ1) is 12.8. The molecule has 0 heterocycles. The lowest BCUT2D eigenvalue weighted by Crippen LogP contribution is -2.10. The Labute approximate surface area is 119 Å². The molecule has 0 spiro atoms. The molecule has 2 heteroatoms. The first-order chi connectivity index (χ1) is 9.47. The van der Waals surface area contributed by atoms with Gasteiger partial charge in [0.1, 0.15) is 0 Å². The molecular formula is C18H20N2. The highest BCUT2D eigenvalue weighted by molar-refractivity contribution is 6.02. The summed E-state index contributed by atoms with van der Waals surface area (Å²) in [5.41, 5.74) is 10.6. The van der Waals surface area contributed by atoms with Gasteiger partial charge in [-0.15, -0.1) is 0 Å². The fraction of sp³-hybridized carbons (Fsp3) is 0.222. The van der Waals surface area contributed by atoms with E-state index in [4.69, 9.17) is 5.73 Å². The number of hydrogen-bond donors (Lipinski definition) is 1. The zero-order valence-electron chi connectivity index (χ0n) is 12.5. The van der Waals surface area contributed by atoms with Crippen LogP contribution in [0.1, 0.15) is 11.1 Å². The van der Waals surface area contributed by atoms with Crippen molar-refractivity contribution in [2.45, 2.75) is 13.8 Å². The minimum Gasteiger partial charge on any atom is -0.398 e. The normalized spacial score (nSPS) is 11.2. The van der Waals surface area contributed by atoms with Gasteiger partial charge >= 0.3 is 0 Å². The molecule has 0 radical (unpaired) electrons. The van der Waals surface area contributed by atoms with Crippen molar-refractivity contribution in [3.8, 4) is 0 Å². The van der Waals surface area contributed by atoms with Gasteiger partial charge in [-0.1, -0.05) is 6.07 Å². The molecule has 0 unspecified atom stereocenters. The van der Waals surface area contributed by atoms with Gasteiger partial charge in [-0.2, -0.15) is 0 Å². The lowest BCUT2D eigenvalue weighted by atomic mass is 9.97. The minimum atomic E-state index is 0.860. The number of benzene rings is 3. The van der Waals surface area contributed by atoms with E-state index in [2.05, 4.69) is 63.2 Å². The second-order valence-corrected chi connectivity index (χ2v) is 5.73. The van der Waals surface area contributed by atoms with E-state index in [1.54, 1.807) is 0 Å². The molecule has 2 nitrogen and oxygen atoms in total. The van der Waals surface area contributed by atoms with Crippen molar-refractivity contribution in [3.05, 3.63) is 47.5 Å². The summed E-state index contributed by atoms with van der Waals surface area (Å²) in [4.78, 5) is 2.16. The summed E-state index contributed by atoms with van der Waals surface area (Å²) in [6.45, 7) is 4.25. The average molecular weight is 264 g/mol. The predicted octanol–water partition coefficient (Wildman–Crippen LogP) is 4.26. The van der Waals surface area contributed by atoms with E-state index in [1.807, 2.05) is 6.07 Å². The maximum atomic E-state index is 6.02.